The summed E-state index contributed by atoms with van der Waals surface area (Å²) < 4.78 is 29.2. The third-order valence-electron chi connectivity index (χ3n) is 4.67. The van der Waals surface area contributed by atoms with Crippen LogP contribution in [0.5, 0.6) is 0 Å². The van der Waals surface area contributed by atoms with Crippen LogP contribution >= 0.6 is 12.4 Å². The first kappa shape index (κ1) is 18.7. The third-order valence-corrected chi connectivity index (χ3v) is 6.23. The third kappa shape index (κ3) is 4.90. The number of hydrogen-bond acceptors (Lipinski definition) is 3. The molecule has 1 saturated heterocycles. The van der Waals surface area contributed by atoms with Crippen LogP contribution in [0.4, 0.5) is 0 Å². The quantitative estimate of drug-likeness (QED) is 0.841. The molecule has 1 atom stereocenters. The summed E-state index contributed by atoms with van der Waals surface area (Å²) in [6, 6.07) is 8.09. The Labute approximate surface area is 145 Å². The number of hydrogen-bond donors (Lipinski definition) is 2. The van der Waals surface area contributed by atoms with Crippen molar-refractivity contribution >= 4 is 22.6 Å². The predicted molar refractivity (Wildman–Crippen MR) is 94.9 cm³/mol. The molecule has 0 bridgehead atoms. The Balaban J connectivity index is 0.00000192. The molecule has 0 radical (unpaired) electrons. The SMILES string of the molecule is Cl.O=S(=O)(NCCC1CCCNC1)N1CCc2ccccc2C1. The van der Waals surface area contributed by atoms with Crippen molar-refractivity contribution in [3.63, 3.8) is 0 Å². The topological polar surface area (TPSA) is 61.4 Å². The van der Waals surface area contributed by atoms with Gasteiger partial charge >= 0.3 is 0 Å². The maximum Gasteiger partial charge on any atom is 0.279 e. The lowest BCUT2D eigenvalue weighted by atomic mass is 9.96. The van der Waals surface area contributed by atoms with Gasteiger partial charge in [-0.05, 0) is 55.8 Å². The number of benzene rings is 1. The van der Waals surface area contributed by atoms with Gasteiger partial charge in [-0.2, -0.15) is 12.7 Å². The molecule has 0 aliphatic carbocycles. The van der Waals surface area contributed by atoms with E-state index in [-0.39, 0.29) is 12.4 Å². The maximum atomic E-state index is 12.4. The van der Waals surface area contributed by atoms with Crippen LogP contribution in [0.3, 0.4) is 0 Å². The van der Waals surface area contributed by atoms with Crippen molar-refractivity contribution in [2.45, 2.75) is 32.2 Å². The number of piperidine rings is 1. The van der Waals surface area contributed by atoms with Crippen LogP contribution in [0.2, 0.25) is 0 Å². The van der Waals surface area contributed by atoms with Crippen molar-refractivity contribution in [1.29, 1.82) is 0 Å². The Hall–Kier alpha value is -0.660. The molecule has 2 heterocycles. The minimum absolute atomic E-state index is 0. The molecule has 5 nitrogen and oxygen atoms in total. The van der Waals surface area contributed by atoms with Crippen LogP contribution in [0.1, 0.15) is 30.4 Å². The second-order valence-electron chi connectivity index (χ2n) is 6.25. The number of halogens is 1. The Morgan fingerprint density at radius 1 is 1.26 bits per heavy atom. The van der Waals surface area contributed by atoms with Crippen molar-refractivity contribution in [2.75, 3.05) is 26.2 Å². The summed E-state index contributed by atoms with van der Waals surface area (Å²) in [5.41, 5.74) is 2.39. The number of nitrogens with zero attached hydrogens (tertiary/aromatic N) is 1. The van der Waals surface area contributed by atoms with E-state index < -0.39 is 10.2 Å². The Bertz CT molecular complexity index is 603. The van der Waals surface area contributed by atoms with Crippen LogP contribution in [-0.2, 0) is 23.2 Å². The monoisotopic (exact) mass is 359 g/mol. The molecule has 0 saturated carbocycles. The molecule has 7 heteroatoms. The van der Waals surface area contributed by atoms with Gasteiger partial charge in [-0.3, -0.25) is 0 Å². The molecule has 2 aliphatic rings. The standard InChI is InChI=1S/C16H25N3O2S.ClH/c20-22(21,18-10-7-14-4-3-9-17-12-14)19-11-8-15-5-1-2-6-16(15)13-19;/h1-2,5-6,14,17-18H,3-4,7-13H2;1H. The van der Waals surface area contributed by atoms with Crippen LogP contribution < -0.4 is 10.0 Å². The first-order valence-corrected chi connectivity index (χ1v) is 9.61. The fourth-order valence-electron chi connectivity index (χ4n) is 3.33. The highest BCUT2D eigenvalue weighted by Gasteiger charge is 2.26. The predicted octanol–water partition coefficient (Wildman–Crippen LogP) is 1.69. The van der Waals surface area contributed by atoms with Gasteiger partial charge in [0.1, 0.15) is 0 Å². The zero-order valence-corrected chi connectivity index (χ0v) is 15.0. The molecule has 1 unspecified atom stereocenters. The van der Waals surface area contributed by atoms with Crippen LogP contribution in [0.25, 0.3) is 0 Å². The van der Waals surface area contributed by atoms with Crippen molar-refractivity contribution in [2.24, 2.45) is 5.92 Å². The van der Waals surface area contributed by atoms with E-state index in [0.717, 1.165) is 31.5 Å². The minimum Gasteiger partial charge on any atom is -0.316 e. The van der Waals surface area contributed by atoms with Crippen molar-refractivity contribution < 1.29 is 8.42 Å². The lowest BCUT2D eigenvalue weighted by Crippen LogP contribution is -2.44. The average molecular weight is 360 g/mol. The maximum absolute atomic E-state index is 12.4. The summed E-state index contributed by atoms with van der Waals surface area (Å²) in [5.74, 6) is 0.596. The number of rotatable bonds is 5. The summed E-state index contributed by atoms with van der Waals surface area (Å²) in [7, 11) is -3.36. The van der Waals surface area contributed by atoms with Gasteiger partial charge in [-0.1, -0.05) is 24.3 Å². The fourth-order valence-corrected chi connectivity index (χ4v) is 4.53. The van der Waals surface area contributed by atoms with Gasteiger partial charge in [0.25, 0.3) is 10.2 Å². The Morgan fingerprint density at radius 3 is 2.78 bits per heavy atom. The van der Waals surface area contributed by atoms with E-state index in [2.05, 4.69) is 16.1 Å². The van der Waals surface area contributed by atoms with Crippen molar-refractivity contribution in [1.82, 2.24) is 14.3 Å². The van der Waals surface area contributed by atoms with Crippen LogP contribution in [0.15, 0.2) is 24.3 Å². The van der Waals surface area contributed by atoms with Crippen molar-refractivity contribution in [3.8, 4) is 0 Å². The molecule has 1 fully saturated rings. The molecule has 3 rings (SSSR count). The van der Waals surface area contributed by atoms with E-state index in [1.54, 1.807) is 4.31 Å². The molecule has 1 aromatic carbocycles. The van der Waals surface area contributed by atoms with Gasteiger partial charge in [-0.25, -0.2) is 4.72 Å². The van der Waals surface area contributed by atoms with E-state index in [4.69, 9.17) is 0 Å². The van der Waals surface area contributed by atoms with Gasteiger partial charge in [0.2, 0.25) is 0 Å². The second-order valence-corrected chi connectivity index (χ2v) is 8.01. The van der Waals surface area contributed by atoms with Gasteiger partial charge in [0, 0.05) is 19.6 Å². The van der Waals surface area contributed by atoms with E-state index in [1.807, 2.05) is 18.2 Å². The Morgan fingerprint density at radius 2 is 2.04 bits per heavy atom. The summed E-state index contributed by atoms with van der Waals surface area (Å²) >= 11 is 0. The fraction of sp³-hybridized carbons (Fsp3) is 0.625. The minimum atomic E-state index is -3.36. The highest BCUT2D eigenvalue weighted by atomic mass is 35.5. The normalized spacial score (nSPS) is 22.2. The molecule has 0 aromatic heterocycles. The molecule has 2 N–H and O–H groups in total. The number of nitrogens with one attached hydrogen (secondary N) is 2. The second kappa shape index (κ2) is 8.44. The number of fused-ring (bicyclic) bond motifs is 1. The molecule has 2 aliphatic heterocycles. The Kier molecular flexibility index (Phi) is 6.85. The van der Waals surface area contributed by atoms with Crippen molar-refractivity contribution in [3.05, 3.63) is 35.4 Å². The smallest absolute Gasteiger partial charge is 0.279 e. The summed E-state index contributed by atoms with van der Waals surface area (Å²) in [6.45, 7) is 3.69. The lowest BCUT2D eigenvalue weighted by Gasteiger charge is -2.28. The summed E-state index contributed by atoms with van der Waals surface area (Å²) in [6.07, 6.45) is 4.10. The first-order chi connectivity index (χ1) is 10.6. The van der Waals surface area contributed by atoms with E-state index in [0.29, 0.717) is 25.6 Å². The largest absolute Gasteiger partial charge is 0.316 e. The first-order valence-electron chi connectivity index (χ1n) is 8.17. The summed E-state index contributed by atoms with van der Waals surface area (Å²) in [5, 5.41) is 3.37. The highest BCUT2D eigenvalue weighted by molar-refractivity contribution is 7.87. The van der Waals surface area contributed by atoms with Gasteiger partial charge in [0.05, 0.1) is 0 Å². The lowest BCUT2D eigenvalue weighted by molar-refractivity contribution is 0.351. The van der Waals surface area contributed by atoms with E-state index in [9.17, 15) is 8.42 Å². The van der Waals surface area contributed by atoms with Crippen LogP contribution in [0, 0.1) is 5.92 Å². The van der Waals surface area contributed by atoms with E-state index in [1.165, 1.54) is 18.4 Å². The molecule has 23 heavy (non-hydrogen) atoms. The zero-order chi connectivity index (χ0) is 15.4. The highest BCUT2D eigenvalue weighted by Crippen LogP contribution is 2.20. The molecule has 0 spiro atoms. The van der Waals surface area contributed by atoms with Gasteiger partial charge < -0.3 is 5.32 Å². The van der Waals surface area contributed by atoms with Gasteiger partial charge in [-0.15, -0.1) is 12.4 Å². The molecule has 1 aromatic rings. The molecular weight excluding hydrogens is 334 g/mol. The van der Waals surface area contributed by atoms with Gasteiger partial charge in [0.15, 0.2) is 0 Å². The van der Waals surface area contributed by atoms with Crippen LogP contribution in [-0.4, -0.2) is 38.9 Å². The zero-order valence-electron chi connectivity index (χ0n) is 13.3. The summed E-state index contributed by atoms with van der Waals surface area (Å²) in [4.78, 5) is 0. The average Bonchev–Trinajstić information content (AvgIpc) is 2.55. The molecule has 130 valence electrons. The molecular formula is C16H26ClN3O2S. The van der Waals surface area contributed by atoms with E-state index >= 15 is 0 Å². The molecule has 0 amide bonds.